The Kier molecular flexibility index (Phi) is 4.86. The van der Waals surface area contributed by atoms with E-state index >= 15 is 0 Å². The molecule has 3 aliphatic heterocycles. The van der Waals surface area contributed by atoms with Gasteiger partial charge in [0.05, 0.1) is 11.1 Å². The first kappa shape index (κ1) is 16.7. The zero-order valence-electron chi connectivity index (χ0n) is 14.8. The first-order chi connectivity index (χ1) is 12.2. The van der Waals surface area contributed by atoms with Crippen molar-refractivity contribution in [2.75, 3.05) is 39.3 Å². The van der Waals surface area contributed by atoms with E-state index in [1.165, 1.54) is 43.7 Å². The van der Waals surface area contributed by atoms with Crippen LogP contribution in [0.2, 0.25) is 0 Å². The first-order valence-corrected chi connectivity index (χ1v) is 9.65. The van der Waals surface area contributed by atoms with Gasteiger partial charge in [-0.05, 0) is 77.0 Å². The first-order valence-electron chi connectivity index (χ1n) is 9.65. The number of fused-ring (bicyclic) bond motifs is 1. The van der Waals surface area contributed by atoms with E-state index in [1.807, 2.05) is 12.1 Å². The van der Waals surface area contributed by atoms with Crippen LogP contribution in [0.4, 0.5) is 0 Å². The van der Waals surface area contributed by atoms with E-state index in [0.29, 0.717) is 17.7 Å². The predicted octanol–water partition coefficient (Wildman–Crippen LogP) is 2.23. The van der Waals surface area contributed by atoms with Crippen molar-refractivity contribution in [2.45, 2.75) is 38.1 Å². The van der Waals surface area contributed by atoms with Gasteiger partial charge in [0, 0.05) is 12.6 Å². The van der Waals surface area contributed by atoms with Crippen LogP contribution in [0.1, 0.15) is 52.8 Å². The third kappa shape index (κ3) is 3.35. The third-order valence-electron chi connectivity index (χ3n) is 5.95. The maximum Gasteiger partial charge on any atom is 0.261 e. The van der Waals surface area contributed by atoms with Crippen molar-refractivity contribution in [1.29, 1.82) is 0 Å². The number of piperidine rings is 1. The molecular formula is C20H27N3O2. The number of hydrogen-bond donors (Lipinski definition) is 0. The Morgan fingerprint density at radius 1 is 0.840 bits per heavy atom. The van der Waals surface area contributed by atoms with E-state index in [0.717, 1.165) is 32.1 Å². The van der Waals surface area contributed by atoms with Gasteiger partial charge >= 0.3 is 0 Å². The number of carbonyl (C=O) groups excluding carboxylic acids is 2. The lowest BCUT2D eigenvalue weighted by Gasteiger charge is -2.36. The van der Waals surface area contributed by atoms with E-state index in [4.69, 9.17) is 0 Å². The molecule has 2 fully saturated rings. The van der Waals surface area contributed by atoms with Crippen LogP contribution in [0, 0.1) is 0 Å². The summed E-state index contributed by atoms with van der Waals surface area (Å²) in [6.45, 7) is 6.35. The van der Waals surface area contributed by atoms with Crippen LogP contribution >= 0.6 is 0 Å². The van der Waals surface area contributed by atoms with Gasteiger partial charge in [0.1, 0.15) is 0 Å². The standard InChI is InChI=1S/C20H27N3O2/c24-19-17-6-1-2-7-18(17)20(25)23(19)13-5-10-21-14-8-16(9-15-21)22-11-3-4-12-22/h1-2,6-7,16H,3-5,8-15H2. The Labute approximate surface area is 149 Å². The highest BCUT2D eigenvalue weighted by Gasteiger charge is 2.34. The molecule has 0 aliphatic carbocycles. The van der Waals surface area contributed by atoms with Crippen LogP contribution in [-0.4, -0.2) is 71.8 Å². The molecule has 0 radical (unpaired) electrons. The second-order valence-electron chi connectivity index (χ2n) is 7.48. The molecule has 0 saturated carbocycles. The van der Waals surface area contributed by atoms with Gasteiger partial charge in [0.2, 0.25) is 0 Å². The van der Waals surface area contributed by atoms with Gasteiger partial charge in [-0.25, -0.2) is 0 Å². The molecule has 0 N–H and O–H groups in total. The lowest BCUT2D eigenvalue weighted by molar-refractivity contribution is 0.0642. The maximum atomic E-state index is 12.4. The van der Waals surface area contributed by atoms with E-state index in [9.17, 15) is 9.59 Å². The van der Waals surface area contributed by atoms with Crippen molar-refractivity contribution in [3.05, 3.63) is 35.4 Å². The number of amides is 2. The summed E-state index contributed by atoms with van der Waals surface area (Å²) in [5.41, 5.74) is 1.11. The fraction of sp³-hybridized carbons (Fsp3) is 0.600. The van der Waals surface area contributed by atoms with E-state index in [-0.39, 0.29) is 11.8 Å². The number of imide groups is 1. The molecule has 0 unspecified atom stereocenters. The van der Waals surface area contributed by atoms with Gasteiger partial charge in [-0.2, -0.15) is 0 Å². The molecule has 0 aromatic heterocycles. The number of nitrogens with zero attached hydrogens (tertiary/aromatic N) is 3. The highest BCUT2D eigenvalue weighted by atomic mass is 16.2. The molecular weight excluding hydrogens is 314 g/mol. The fourth-order valence-electron chi connectivity index (χ4n) is 4.51. The average molecular weight is 341 g/mol. The number of carbonyl (C=O) groups is 2. The van der Waals surface area contributed by atoms with Crippen LogP contribution in [-0.2, 0) is 0 Å². The smallest absolute Gasteiger partial charge is 0.261 e. The highest BCUT2D eigenvalue weighted by Crippen LogP contribution is 2.23. The third-order valence-corrected chi connectivity index (χ3v) is 5.95. The summed E-state index contributed by atoms with van der Waals surface area (Å²) in [4.78, 5) is 31.3. The zero-order valence-corrected chi connectivity index (χ0v) is 14.8. The SMILES string of the molecule is O=C1c2ccccc2C(=O)N1CCCN1CCC(N2CCCC2)CC1. The minimum atomic E-state index is -0.131. The molecule has 2 amide bonds. The minimum absolute atomic E-state index is 0.131. The van der Waals surface area contributed by atoms with Crippen LogP contribution in [0.25, 0.3) is 0 Å². The van der Waals surface area contributed by atoms with Crippen LogP contribution in [0.5, 0.6) is 0 Å². The lowest BCUT2D eigenvalue weighted by Crippen LogP contribution is -2.44. The van der Waals surface area contributed by atoms with Crippen LogP contribution in [0.15, 0.2) is 24.3 Å². The van der Waals surface area contributed by atoms with Gasteiger partial charge in [-0.1, -0.05) is 12.1 Å². The molecule has 4 rings (SSSR count). The normalized spacial score (nSPS) is 22.8. The maximum absolute atomic E-state index is 12.4. The van der Waals surface area contributed by atoms with Gasteiger partial charge < -0.3 is 9.80 Å². The summed E-state index contributed by atoms with van der Waals surface area (Å²) >= 11 is 0. The second kappa shape index (κ2) is 7.26. The predicted molar refractivity (Wildman–Crippen MR) is 96.7 cm³/mol. The highest BCUT2D eigenvalue weighted by molar-refractivity contribution is 6.21. The zero-order chi connectivity index (χ0) is 17.2. The molecule has 0 atom stereocenters. The topological polar surface area (TPSA) is 43.9 Å². The van der Waals surface area contributed by atoms with Gasteiger partial charge in [0.15, 0.2) is 0 Å². The molecule has 3 aliphatic rings. The van der Waals surface area contributed by atoms with Gasteiger partial charge in [0.25, 0.3) is 11.8 Å². The number of benzene rings is 1. The van der Waals surface area contributed by atoms with Crippen molar-refractivity contribution in [3.63, 3.8) is 0 Å². The van der Waals surface area contributed by atoms with E-state index in [2.05, 4.69) is 9.80 Å². The van der Waals surface area contributed by atoms with E-state index in [1.54, 1.807) is 12.1 Å². The molecule has 2 saturated heterocycles. The molecule has 25 heavy (non-hydrogen) atoms. The summed E-state index contributed by atoms with van der Waals surface area (Å²) in [5.74, 6) is -0.262. The average Bonchev–Trinajstić information content (AvgIpc) is 3.26. The Bertz CT molecular complexity index is 611. The van der Waals surface area contributed by atoms with Gasteiger partial charge in [-0.15, -0.1) is 0 Å². The van der Waals surface area contributed by atoms with Crippen LogP contribution in [0.3, 0.4) is 0 Å². The second-order valence-corrected chi connectivity index (χ2v) is 7.48. The Hall–Kier alpha value is -1.72. The van der Waals surface area contributed by atoms with Crippen LogP contribution < -0.4 is 0 Å². The number of hydrogen-bond acceptors (Lipinski definition) is 4. The summed E-state index contributed by atoms with van der Waals surface area (Å²) < 4.78 is 0. The fourth-order valence-corrected chi connectivity index (χ4v) is 4.51. The van der Waals surface area contributed by atoms with Crippen molar-refractivity contribution in [2.24, 2.45) is 0 Å². The molecule has 3 heterocycles. The summed E-state index contributed by atoms with van der Waals surface area (Å²) in [6.07, 6.45) is 6.10. The Morgan fingerprint density at radius 2 is 1.44 bits per heavy atom. The molecule has 5 nitrogen and oxygen atoms in total. The number of rotatable bonds is 5. The molecule has 1 aromatic carbocycles. The largest absolute Gasteiger partial charge is 0.303 e. The lowest BCUT2D eigenvalue weighted by atomic mass is 10.0. The van der Waals surface area contributed by atoms with Crippen molar-refractivity contribution in [3.8, 4) is 0 Å². The minimum Gasteiger partial charge on any atom is -0.303 e. The quantitative estimate of drug-likeness (QED) is 0.771. The van der Waals surface area contributed by atoms with Crippen molar-refractivity contribution >= 4 is 11.8 Å². The molecule has 134 valence electrons. The molecule has 5 heteroatoms. The van der Waals surface area contributed by atoms with E-state index < -0.39 is 0 Å². The number of likely N-dealkylation sites (tertiary alicyclic amines) is 2. The molecule has 0 bridgehead atoms. The van der Waals surface area contributed by atoms with Crippen molar-refractivity contribution in [1.82, 2.24) is 14.7 Å². The Balaban J connectivity index is 1.23. The molecule has 0 spiro atoms. The van der Waals surface area contributed by atoms with Gasteiger partial charge in [-0.3, -0.25) is 14.5 Å². The monoisotopic (exact) mass is 341 g/mol. The summed E-state index contributed by atoms with van der Waals surface area (Å²) in [7, 11) is 0. The summed E-state index contributed by atoms with van der Waals surface area (Å²) in [6, 6.07) is 7.91. The molecule has 1 aromatic rings. The van der Waals surface area contributed by atoms with Crippen molar-refractivity contribution < 1.29 is 9.59 Å². The Morgan fingerprint density at radius 3 is 2.04 bits per heavy atom. The summed E-state index contributed by atoms with van der Waals surface area (Å²) in [5, 5.41) is 0.